The van der Waals surface area contributed by atoms with Crippen molar-refractivity contribution in [2.24, 2.45) is 0 Å². The molecule has 0 amide bonds. The summed E-state index contributed by atoms with van der Waals surface area (Å²) in [4.78, 5) is 13.2. The molecular formula is C12H15BrN4S. The van der Waals surface area contributed by atoms with Crippen molar-refractivity contribution >= 4 is 33.1 Å². The van der Waals surface area contributed by atoms with Gasteiger partial charge in [-0.2, -0.15) is 0 Å². The zero-order valence-corrected chi connectivity index (χ0v) is 13.0. The molecule has 0 aliphatic carbocycles. The Hall–Kier alpha value is -1.01. The van der Waals surface area contributed by atoms with Gasteiger partial charge in [0.15, 0.2) is 0 Å². The van der Waals surface area contributed by atoms with Crippen LogP contribution in [0.4, 0.5) is 5.82 Å². The summed E-state index contributed by atoms with van der Waals surface area (Å²) < 4.78 is 0.804. The highest BCUT2D eigenvalue weighted by Crippen LogP contribution is 2.18. The molecule has 0 unspecified atom stereocenters. The molecule has 0 saturated carbocycles. The van der Waals surface area contributed by atoms with Crippen molar-refractivity contribution in [2.45, 2.75) is 33.2 Å². The third kappa shape index (κ3) is 3.49. The number of rotatable bonds is 4. The minimum atomic E-state index is 0.310. The third-order valence-electron chi connectivity index (χ3n) is 2.35. The summed E-state index contributed by atoms with van der Waals surface area (Å²) in [5, 5.41) is 6.41. The number of aromatic nitrogens is 3. The van der Waals surface area contributed by atoms with Crippen molar-refractivity contribution in [2.75, 3.05) is 5.32 Å². The molecule has 96 valence electrons. The van der Waals surface area contributed by atoms with Crippen LogP contribution in [0.25, 0.3) is 0 Å². The largest absolute Gasteiger partial charge is 0.364 e. The van der Waals surface area contributed by atoms with Gasteiger partial charge < -0.3 is 5.32 Å². The lowest BCUT2D eigenvalue weighted by Crippen LogP contribution is -2.06. The first kappa shape index (κ1) is 13.4. The van der Waals surface area contributed by atoms with E-state index >= 15 is 0 Å². The van der Waals surface area contributed by atoms with E-state index in [0.717, 1.165) is 26.9 Å². The average Bonchev–Trinajstić information content (AvgIpc) is 2.72. The fourth-order valence-corrected chi connectivity index (χ4v) is 2.47. The molecule has 6 heteroatoms. The van der Waals surface area contributed by atoms with Gasteiger partial charge in [-0.15, -0.1) is 11.3 Å². The van der Waals surface area contributed by atoms with Gasteiger partial charge in [0.2, 0.25) is 0 Å². The molecule has 1 N–H and O–H groups in total. The number of nitrogens with zero attached hydrogens (tertiary/aromatic N) is 3. The average molecular weight is 327 g/mol. The van der Waals surface area contributed by atoms with E-state index in [1.54, 1.807) is 11.3 Å². The lowest BCUT2D eigenvalue weighted by Gasteiger charge is -2.08. The van der Waals surface area contributed by atoms with Crippen LogP contribution in [0.5, 0.6) is 0 Å². The molecule has 0 bridgehead atoms. The number of halogens is 1. The number of aryl methyl sites for hydroxylation is 1. The van der Waals surface area contributed by atoms with E-state index in [9.17, 15) is 0 Å². The van der Waals surface area contributed by atoms with E-state index in [1.165, 1.54) is 0 Å². The molecular weight excluding hydrogens is 312 g/mol. The van der Waals surface area contributed by atoms with Gasteiger partial charge in [-0.25, -0.2) is 15.0 Å². The molecule has 2 aromatic rings. The Labute approximate surface area is 119 Å². The highest BCUT2D eigenvalue weighted by molar-refractivity contribution is 9.10. The summed E-state index contributed by atoms with van der Waals surface area (Å²) >= 11 is 5.06. The van der Waals surface area contributed by atoms with Crippen molar-refractivity contribution in [3.05, 3.63) is 32.6 Å². The van der Waals surface area contributed by atoms with Gasteiger partial charge in [-0.1, -0.05) is 13.8 Å². The maximum atomic E-state index is 4.48. The number of hydrogen-bond acceptors (Lipinski definition) is 5. The highest BCUT2D eigenvalue weighted by atomic mass is 79.9. The Bertz CT molecular complexity index is 539. The van der Waals surface area contributed by atoms with Crippen molar-refractivity contribution in [3.8, 4) is 0 Å². The van der Waals surface area contributed by atoms with Gasteiger partial charge in [0.05, 0.1) is 17.2 Å². The zero-order valence-electron chi connectivity index (χ0n) is 10.6. The van der Waals surface area contributed by atoms with Crippen molar-refractivity contribution in [1.82, 2.24) is 15.0 Å². The molecule has 0 spiro atoms. The predicted molar refractivity (Wildman–Crippen MR) is 78.0 cm³/mol. The fourth-order valence-electron chi connectivity index (χ4n) is 1.45. The minimum Gasteiger partial charge on any atom is -0.364 e. The van der Waals surface area contributed by atoms with Crippen LogP contribution in [0.1, 0.15) is 36.3 Å². The molecule has 0 aliphatic rings. The second-order valence-electron chi connectivity index (χ2n) is 4.30. The van der Waals surface area contributed by atoms with Crippen molar-refractivity contribution in [1.29, 1.82) is 0 Å². The van der Waals surface area contributed by atoms with Crippen LogP contribution in [0.15, 0.2) is 16.0 Å². The predicted octanol–water partition coefficient (Wildman–Crippen LogP) is 3.74. The Balaban J connectivity index is 2.09. The summed E-state index contributed by atoms with van der Waals surface area (Å²) in [6, 6.07) is 1.88. The molecule has 2 rings (SSSR count). The molecule has 0 radical (unpaired) electrons. The highest BCUT2D eigenvalue weighted by Gasteiger charge is 2.07. The Morgan fingerprint density at radius 3 is 2.72 bits per heavy atom. The molecule has 2 aromatic heterocycles. The number of nitrogens with one attached hydrogen (secondary N) is 1. The van der Waals surface area contributed by atoms with E-state index in [4.69, 9.17) is 0 Å². The molecule has 0 aromatic carbocycles. The first-order chi connectivity index (χ1) is 8.54. The first-order valence-corrected chi connectivity index (χ1v) is 7.41. The van der Waals surface area contributed by atoms with Crippen LogP contribution in [-0.2, 0) is 6.54 Å². The van der Waals surface area contributed by atoms with Crippen LogP contribution < -0.4 is 5.32 Å². The summed E-state index contributed by atoms with van der Waals surface area (Å²) in [6.07, 6.45) is 0. The summed E-state index contributed by atoms with van der Waals surface area (Å²) in [7, 11) is 0. The second-order valence-corrected chi connectivity index (χ2v) is 6.17. The number of hydrogen-bond donors (Lipinski definition) is 1. The molecule has 2 heterocycles. The molecule has 18 heavy (non-hydrogen) atoms. The number of thiazole rings is 1. The van der Waals surface area contributed by atoms with Crippen LogP contribution in [-0.4, -0.2) is 15.0 Å². The molecule has 4 nitrogen and oxygen atoms in total. The van der Waals surface area contributed by atoms with E-state index < -0.39 is 0 Å². The van der Waals surface area contributed by atoms with Crippen molar-refractivity contribution in [3.63, 3.8) is 0 Å². The first-order valence-electron chi connectivity index (χ1n) is 5.74. The van der Waals surface area contributed by atoms with Gasteiger partial charge in [0.1, 0.15) is 16.2 Å². The topological polar surface area (TPSA) is 50.7 Å². The van der Waals surface area contributed by atoms with Gasteiger partial charge in [0, 0.05) is 17.4 Å². The molecule has 0 atom stereocenters. The molecule has 0 saturated heterocycles. The fraction of sp³-hybridized carbons (Fsp3) is 0.417. The lowest BCUT2D eigenvalue weighted by atomic mass is 10.2. The summed E-state index contributed by atoms with van der Waals surface area (Å²) in [5.41, 5.74) is 1.04. The Morgan fingerprint density at radius 1 is 1.33 bits per heavy atom. The number of anilines is 1. The summed E-state index contributed by atoms with van der Waals surface area (Å²) in [6.45, 7) is 6.85. The van der Waals surface area contributed by atoms with Gasteiger partial charge in [-0.3, -0.25) is 0 Å². The van der Waals surface area contributed by atoms with E-state index in [1.807, 2.05) is 13.0 Å². The molecule has 0 aliphatic heterocycles. The third-order valence-corrected chi connectivity index (χ3v) is 3.57. The quantitative estimate of drug-likeness (QED) is 0.869. The van der Waals surface area contributed by atoms with E-state index in [0.29, 0.717) is 12.5 Å². The summed E-state index contributed by atoms with van der Waals surface area (Å²) in [5.74, 6) is 1.97. The van der Waals surface area contributed by atoms with Gasteiger partial charge in [-0.05, 0) is 22.9 Å². The van der Waals surface area contributed by atoms with Crippen LogP contribution in [0, 0.1) is 6.92 Å². The minimum absolute atomic E-state index is 0.310. The second kappa shape index (κ2) is 5.75. The Kier molecular flexibility index (Phi) is 4.29. The van der Waals surface area contributed by atoms with Crippen LogP contribution >= 0.6 is 27.3 Å². The SMILES string of the molecule is Cc1nc(CNc2cc(Br)nc(C(C)C)n2)cs1. The van der Waals surface area contributed by atoms with Gasteiger partial charge in [0.25, 0.3) is 0 Å². The van der Waals surface area contributed by atoms with Gasteiger partial charge >= 0.3 is 0 Å². The standard InChI is InChI=1S/C12H15BrN4S/c1-7(2)12-16-10(13)4-11(17-12)14-5-9-6-18-8(3)15-9/h4,6-7H,5H2,1-3H3,(H,14,16,17). The van der Waals surface area contributed by atoms with Crippen LogP contribution in [0.2, 0.25) is 0 Å². The maximum absolute atomic E-state index is 4.48. The normalized spacial score (nSPS) is 10.9. The van der Waals surface area contributed by atoms with Crippen molar-refractivity contribution < 1.29 is 0 Å². The zero-order chi connectivity index (χ0) is 13.1. The monoisotopic (exact) mass is 326 g/mol. The maximum Gasteiger partial charge on any atom is 0.134 e. The lowest BCUT2D eigenvalue weighted by molar-refractivity contribution is 0.769. The Morgan fingerprint density at radius 2 is 2.11 bits per heavy atom. The smallest absolute Gasteiger partial charge is 0.134 e. The van der Waals surface area contributed by atoms with E-state index in [-0.39, 0.29) is 0 Å². The molecule has 0 fully saturated rings. The van der Waals surface area contributed by atoms with Crippen LogP contribution in [0.3, 0.4) is 0 Å². The van der Waals surface area contributed by atoms with E-state index in [2.05, 4.69) is 55.4 Å².